The Morgan fingerprint density at radius 3 is 2.47 bits per heavy atom. The highest BCUT2D eigenvalue weighted by Gasteiger charge is 2.34. The van der Waals surface area contributed by atoms with E-state index in [0.29, 0.717) is 31.9 Å². The molecular weight excluding hydrogens is 438 g/mol. The van der Waals surface area contributed by atoms with Crippen LogP contribution in [0, 0.1) is 10.1 Å². The lowest BCUT2D eigenvalue weighted by Gasteiger charge is -2.38. The summed E-state index contributed by atoms with van der Waals surface area (Å²) in [7, 11) is -0.471. The van der Waals surface area contributed by atoms with Gasteiger partial charge in [-0.05, 0) is 18.9 Å². The average molecular weight is 470 g/mol. The van der Waals surface area contributed by atoms with Crippen molar-refractivity contribution in [3.63, 3.8) is 0 Å². The molecule has 1 saturated heterocycles. The third-order valence-electron chi connectivity index (χ3n) is 6.15. The molecule has 178 valence electrons. The van der Waals surface area contributed by atoms with E-state index in [0.717, 1.165) is 32.1 Å². The number of methoxy groups -OCH3 is 1. The fourth-order valence-corrected chi connectivity index (χ4v) is 5.80. The third-order valence-corrected chi connectivity index (χ3v) is 8.19. The van der Waals surface area contributed by atoms with Gasteiger partial charge in [0, 0.05) is 45.3 Å². The fraction of sp³-hybridized carbons (Fsp3) is 0.650. The zero-order valence-electron chi connectivity index (χ0n) is 18.5. The van der Waals surface area contributed by atoms with Gasteiger partial charge in [-0.3, -0.25) is 19.8 Å². The fourth-order valence-electron chi connectivity index (χ4n) is 4.22. The molecular formula is C20H31N5O6S. The minimum absolute atomic E-state index is 0.0641. The number of ether oxygens (including phenoxy) is 1. The third kappa shape index (κ3) is 5.74. The summed E-state index contributed by atoms with van der Waals surface area (Å²) in [5, 5.41) is 13.6. The Morgan fingerprint density at radius 2 is 1.88 bits per heavy atom. The number of nitrogens with zero attached hydrogens (tertiary/aromatic N) is 4. The smallest absolute Gasteiger partial charge is 0.282 e. The minimum Gasteiger partial charge on any atom is -0.494 e. The maximum absolute atomic E-state index is 13.0. The SMILES string of the molecule is COc1cc([N+](=O)[O-])ccc1NC(=O)CN1CCN(S(=O)(=O)N(C)C2CCCCC2)CC1. The second kappa shape index (κ2) is 10.6. The van der Waals surface area contributed by atoms with E-state index in [9.17, 15) is 23.3 Å². The number of hydrogen-bond acceptors (Lipinski definition) is 7. The van der Waals surface area contributed by atoms with Crippen molar-refractivity contribution in [3.05, 3.63) is 28.3 Å². The molecule has 0 unspecified atom stereocenters. The second-order valence-electron chi connectivity index (χ2n) is 8.18. The van der Waals surface area contributed by atoms with Gasteiger partial charge >= 0.3 is 0 Å². The van der Waals surface area contributed by atoms with Crippen LogP contribution in [0.4, 0.5) is 11.4 Å². The number of carbonyl (C=O) groups excluding carboxylic acids is 1. The first-order valence-corrected chi connectivity index (χ1v) is 12.2. The summed E-state index contributed by atoms with van der Waals surface area (Å²) in [4.78, 5) is 24.7. The number of hydrogen-bond donors (Lipinski definition) is 1. The molecule has 0 spiro atoms. The van der Waals surface area contributed by atoms with Crippen LogP contribution in [0.2, 0.25) is 0 Å². The van der Waals surface area contributed by atoms with E-state index < -0.39 is 15.1 Å². The van der Waals surface area contributed by atoms with E-state index in [1.54, 1.807) is 7.05 Å². The average Bonchev–Trinajstić information content (AvgIpc) is 2.79. The maximum atomic E-state index is 13.0. The van der Waals surface area contributed by atoms with Crippen molar-refractivity contribution >= 4 is 27.5 Å². The Bertz CT molecular complexity index is 926. The predicted octanol–water partition coefficient (Wildman–Crippen LogP) is 1.67. The van der Waals surface area contributed by atoms with Crippen LogP contribution in [0.25, 0.3) is 0 Å². The highest BCUT2D eigenvalue weighted by Crippen LogP contribution is 2.29. The number of benzene rings is 1. The van der Waals surface area contributed by atoms with E-state index in [-0.39, 0.29) is 29.9 Å². The molecule has 2 fully saturated rings. The molecule has 1 N–H and O–H groups in total. The first kappa shape index (κ1) is 24.4. The number of piperazine rings is 1. The predicted molar refractivity (Wildman–Crippen MR) is 120 cm³/mol. The van der Waals surface area contributed by atoms with Crippen molar-refractivity contribution in [2.45, 2.75) is 38.1 Å². The number of nitrogens with one attached hydrogen (secondary N) is 1. The lowest BCUT2D eigenvalue weighted by molar-refractivity contribution is -0.384. The molecule has 1 amide bonds. The molecule has 1 aromatic carbocycles. The molecule has 0 radical (unpaired) electrons. The van der Waals surface area contributed by atoms with E-state index in [1.807, 2.05) is 4.90 Å². The van der Waals surface area contributed by atoms with Crippen LogP contribution in [0.1, 0.15) is 32.1 Å². The monoisotopic (exact) mass is 469 g/mol. The summed E-state index contributed by atoms with van der Waals surface area (Å²) in [6, 6.07) is 4.04. The van der Waals surface area contributed by atoms with Crippen molar-refractivity contribution in [3.8, 4) is 5.75 Å². The molecule has 3 rings (SSSR count). The van der Waals surface area contributed by atoms with Gasteiger partial charge < -0.3 is 10.1 Å². The van der Waals surface area contributed by atoms with E-state index >= 15 is 0 Å². The summed E-state index contributed by atoms with van der Waals surface area (Å²) in [6.45, 7) is 1.64. The van der Waals surface area contributed by atoms with Crippen LogP contribution in [0.5, 0.6) is 5.75 Å². The molecule has 1 aliphatic heterocycles. The first-order chi connectivity index (χ1) is 15.2. The Labute approximate surface area is 188 Å². The molecule has 1 saturated carbocycles. The van der Waals surface area contributed by atoms with Gasteiger partial charge in [-0.1, -0.05) is 19.3 Å². The number of rotatable bonds is 8. The zero-order chi connectivity index (χ0) is 23.3. The van der Waals surface area contributed by atoms with Crippen molar-refractivity contribution in [2.75, 3.05) is 52.2 Å². The van der Waals surface area contributed by atoms with Gasteiger partial charge in [0.15, 0.2) is 0 Å². The van der Waals surface area contributed by atoms with Crippen molar-refractivity contribution in [1.29, 1.82) is 0 Å². The maximum Gasteiger partial charge on any atom is 0.282 e. The van der Waals surface area contributed by atoms with Gasteiger partial charge in [0.25, 0.3) is 15.9 Å². The van der Waals surface area contributed by atoms with E-state index in [1.165, 1.54) is 33.9 Å². The Hall–Kier alpha value is -2.28. The van der Waals surface area contributed by atoms with Gasteiger partial charge in [0.1, 0.15) is 5.75 Å². The number of carbonyl (C=O) groups is 1. The number of anilines is 1. The Balaban J connectivity index is 1.52. The summed E-state index contributed by atoms with van der Waals surface area (Å²) < 4.78 is 34.1. The molecule has 1 aliphatic carbocycles. The van der Waals surface area contributed by atoms with Crippen LogP contribution in [-0.4, -0.2) is 85.7 Å². The number of nitro groups is 1. The summed E-state index contributed by atoms with van der Waals surface area (Å²) in [6.07, 6.45) is 5.10. The van der Waals surface area contributed by atoms with Gasteiger partial charge in [-0.2, -0.15) is 17.0 Å². The van der Waals surface area contributed by atoms with Gasteiger partial charge in [-0.15, -0.1) is 0 Å². The second-order valence-corrected chi connectivity index (χ2v) is 10.2. The highest BCUT2D eigenvalue weighted by molar-refractivity contribution is 7.86. The number of amides is 1. The Morgan fingerprint density at radius 1 is 1.22 bits per heavy atom. The topological polar surface area (TPSA) is 125 Å². The van der Waals surface area contributed by atoms with Crippen LogP contribution in [0.3, 0.4) is 0 Å². The molecule has 0 bridgehead atoms. The molecule has 2 aliphatic rings. The normalized spacial score (nSPS) is 19.1. The van der Waals surface area contributed by atoms with Crippen LogP contribution < -0.4 is 10.1 Å². The molecule has 0 aromatic heterocycles. The van der Waals surface area contributed by atoms with Crippen molar-refractivity contribution in [2.24, 2.45) is 0 Å². The molecule has 32 heavy (non-hydrogen) atoms. The lowest BCUT2D eigenvalue weighted by Crippen LogP contribution is -2.55. The molecule has 12 heteroatoms. The van der Waals surface area contributed by atoms with Crippen LogP contribution >= 0.6 is 0 Å². The summed E-state index contributed by atoms with van der Waals surface area (Å²) >= 11 is 0. The van der Waals surface area contributed by atoms with Crippen molar-refractivity contribution < 1.29 is 22.9 Å². The number of nitro benzene ring substituents is 1. The molecule has 0 atom stereocenters. The summed E-state index contributed by atoms with van der Waals surface area (Å²) in [5.41, 5.74) is 0.216. The zero-order valence-corrected chi connectivity index (χ0v) is 19.3. The highest BCUT2D eigenvalue weighted by atomic mass is 32.2. The van der Waals surface area contributed by atoms with Gasteiger partial charge in [0.05, 0.1) is 30.3 Å². The molecule has 1 heterocycles. The largest absolute Gasteiger partial charge is 0.494 e. The van der Waals surface area contributed by atoms with Crippen molar-refractivity contribution in [1.82, 2.24) is 13.5 Å². The first-order valence-electron chi connectivity index (χ1n) is 10.8. The molecule has 11 nitrogen and oxygen atoms in total. The quantitative estimate of drug-likeness (QED) is 0.453. The number of non-ortho nitro benzene ring substituents is 1. The standard InChI is InChI=1S/C20H31N5O6S/c1-22(16-6-4-3-5-7-16)32(29,30)24-12-10-23(11-13-24)15-20(26)21-18-9-8-17(25(27)28)14-19(18)31-2/h8-9,14,16H,3-7,10-13,15H2,1-2H3,(H,21,26). The van der Waals surface area contributed by atoms with Crippen LogP contribution in [0.15, 0.2) is 18.2 Å². The van der Waals surface area contributed by atoms with Gasteiger partial charge in [0.2, 0.25) is 5.91 Å². The van der Waals surface area contributed by atoms with Crippen LogP contribution in [-0.2, 0) is 15.0 Å². The Kier molecular flexibility index (Phi) is 8.04. The van der Waals surface area contributed by atoms with E-state index in [4.69, 9.17) is 4.74 Å². The minimum atomic E-state index is -3.51. The van der Waals surface area contributed by atoms with Gasteiger partial charge in [-0.25, -0.2) is 0 Å². The summed E-state index contributed by atoms with van der Waals surface area (Å²) in [5.74, 6) is -0.0954. The molecule has 1 aromatic rings. The lowest BCUT2D eigenvalue weighted by atomic mass is 9.96. The van der Waals surface area contributed by atoms with E-state index in [2.05, 4.69) is 5.32 Å².